The molecule has 0 amide bonds. The van der Waals surface area contributed by atoms with Crippen LogP contribution in [-0.4, -0.2) is 9.55 Å². The van der Waals surface area contributed by atoms with Crippen LogP contribution in [0.15, 0.2) is 18.2 Å². The topological polar surface area (TPSA) is 20.7 Å². The maximum atomic E-state index is 6.34. The van der Waals surface area contributed by atoms with E-state index in [1.165, 1.54) is 25.7 Å². The summed E-state index contributed by atoms with van der Waals surface area (Å²) in [5, 5.41) is 0.785. The van der Waals surface area contributed by atoms with Crippen LogP contribution in [0.25, 0.3) is 11.0 Å². The number of aromatic nitrogens is 2. The predicted octanol–water partition coefficient (Wildman–Crippen LogP) is 5.18. The van der Waals surface area contributed by atoms with E-state index < -0.39 is 0 Å². The van der Waals surface area contributed by atoms with E-state index >= 15 is 0 Å². The average molecular weight is 295 g/mol. The molecule has 0 spiro atoms. The van der Waals surface area contributed by atoms with Gasteiger partial charge in [-0.2, -0.15) is 0 Å². The van der Waals surface area contributed by atoms with Crippen molar-refractivity contribution in [3.05, 3.63) is 28.0 Å². The minimum absolute atomic E-state index is 0.718. The Morgan fingerprint density at radius 3 is 2.95 bits per heavy atom. The molecule has 1 aliphatic rings. The van der Waals surface area contributed by atoms with Gasteiger partial charge in [0.05, 0.1) is 16.1 Å². The second kappa shape index (κ2) is 5.29. The molecule has 1 N–H and O–H groups in total. The second-order valence-corrected chi connectivity index (χ2v) is 6.49. The van der Waals surface area contributed by atoms with Crippen LogP contribution in [0.4, 0.5) is 0 Å². The van der Waals surface area contributed by atoms with Crippen molar-refractivity contribution in [1.82, 2.24) is 9.55 Å². The number of hydrogen-bond acceptors (Lipinski definition) is 1. The Labute approximate surface area is 123 Å². The van der Waals surface area contributed by atoms with Crippen molar-refractivity contribution in [2.45, 2.75) is 39.2 Å². The van der Waals surface area contributed by atoms with E-state index in [9.17, 15) is 0 Å². The number of halogens is 1. The Bertz CT molecular complexity index is 643. The average Bonchev–Trinajstić information content (AvgIpc) is 2.70. The third-order valence-electron chi connectivity index (χ3n) is 4.45. The van der Waals surface area contributed by atoms with Gasteiger partial charge in [0, 0.05) is 6.54 Å². The summed E-state index contributed by atoms with van der Waals surface area (Å²) < 4.78 is 2.99. The molecule has 1 aliphatic carbocycles. The van der Waals surface area contributed by atoms with Crippen LogP contribution < -0.4 is 0 Å². The van der Waals surface area contributed by atoms with E-state index in [-0.39, 0.29) is 0 Å². The van der Waals surface area contributed by atoms with Gasteiger partial charge in [0.2, 0.25) is 0 Å². The van der Waals surface area contributed by atoms with Gasteiger partial charge in [-0.3, -0.25) is 0 Å². The Kier molecular flexibility index (Phi) is 3.68. The number of para-hydroxylation sites is 1. The Morgan fingerprint density at radius 2 is 2.16 bits per heavy atom. The van der Waals surface area contributed by atoms with Gasteiger partial charge in [0.25, 0.3) is 0 Å². The minimum atomic E-state index is 0.718. The van der Waals surface area contributed by atoms with Gasteiger partial charge in [-0.05, 0) is 42.6 Å². The number of aromatic amines is 1. The van der Waals surface area contributed by atoms with Gasteiger partial charge < -0.3 is 9.55 Å². The second-order valence-electron chi connectivity index (χ2n) is 5.70. The lowest BCUT2D eigenvalue weighted by molar-refractivity contribution is 0.230. The molecule has 1 fully saturated rings. The third-order valence-corrected chi connectivity index (χ3v) is 5.08. The fourth-order valence-electron chi connectivity index (χ4n) is 3.25. The van der Waals surface area contributed by atoms with Gasteiger partial charge in [0.1, 0.15) is 0 Å². The maximum absolute atomic E-state index is 6.34. The zero-order valence-corrected chi connectivity index (χ0v) is 12.7. The summed E-state index contributed by atoms with van der Waals surface area (Å²) in [7, 11) is 0. The molecular weight excluding hydrogens is 276 g/mol. The van der Waals surface area contributed by atoms with Crippen molar-refractivity contribution in [1.29, 1.82) is 0 Å². The van der Waals surface area contributed by atoms with Crippen LogP contribution in [-0.2, 0) is 6.54 Å². The van der Waals surface area contributed by atoms with E-state index in [0.717, 1.165) is 39.2 Å². The highest BCUT2D eigenvalue weighted by molar-refractivity contribution is 7.71. The molecule has 0 bridgehead atoms. The van der Waals surface area contributed by atoms with E-state index in [1.54, 1.807) is 0 Å². The van der Waals surface area contributed by atoms with E-state index in [2.05, 4.69) is 16.5 Å². The number of nitrogens with one attached hydrogen (secondary N) is 1. The highest BCUT2D eigenvalue weighted by atomic mass is 35.5. The molecule has 2 aromatic rings. The van der Waals surface area contributed by atoms with Crippen LogP contribution in [0.5, 0.6) is 0 Å². The number of nitrogens with zero attached hydrogens (tertiary/aromatic N) is 1. The van der Waals surface area contributed by atoms with Crippen LogP contribution in [0.2, 0.25) is 5.02 Å². The number of hydrogen-bond donors (Lipinski definition) is 1. The Morgan fingerprint density at radius 1 is 1.37 bits per heavy atom. The fourth-order valence-corrected chi connectivity index (χ4v) is 3.80. The van der Waals surface area contributed by atoms with Crippen molar-refractivity contribution in [2.75, 3.05) is 0 Å². The molecule has 4 heteroatoms. The molecule has 1 saturated carbocycles. The summed E-state index contributed by atoms with van der Waals surface area (Å²) in [5.74, 6) is 1.50. The lowest BCUT2D eigenvalue weighted by Crippen LogP contribution is -2.22. The van der Waals surface area contributed by atoms with E-state index in [0.29, 0.717) is 0 Å². The van der Waals surface area contributed by atoms with Crippen molar-refractivity contribution < 1.29 is 0 Å². The summed E-state index contributed by atoms with van der Waals surface area (Å²) >= 11 is 11.8. The largest absolute Gasteiger partial charge is 0.331 e. The molecule has 1 aromatic heterocycles. The number of H-pyrrole nitrogens is 1. The first-order chi connectivity index (χ1) is 9.16. The van der Waals surface area contributed by atoms with Crippen molar-refractivity contribution >= 4 is 34.9 Å². The first-order valence-electron chi connectivity index (χ1n) is 7.04. The number of benzene rings is 1. The summed E-state index contributed by atoms with van der Waals surface area (Å²) in [6.45, 7) is 3.35. The quantitative estimate of drug-likeness (QED) is 0.757. The van der Waals surface area contributed by atoms with Gasteiger partial charge in [0.15, 0.2) is 4.77 Å². The monoisotopic (exact) mass is 294 g/mol. The van der Waals surface area contributed by atoms with Gasteiger partial charge in [-0.1, -0.05) is 43.9 Å². The standard InChI is InChI=1S/C15H19ClN2S/c1-10-5-2-3-6-11(10)9-18-14-12(16)7-4-8-13(14)17-15(18)19/h4,7-8,10-11H,2-3,5-6,9H2,1H3,(H,17,19). The minimum Gasteiger partial charge on any atom is -0.331 e. The van der Waals surface area contributed by atoms with Crippen molar-refractivity contribution in [3.8, 4) is 0 Å². The molecule has 2 unspecified atom stereocenters. The molecule has 0 saturated heterocycles. The molecule has 1 aromatic carbocycles. The number of rotatable bonds is 2. The summed E-state index contributed by atoms with van der Waals surface area (Å²) in [6.07, 6.45) is 5.37. The zero-order chi connectivity index (χ0) is 13.4. The fraction of sp³-hybridized carbons (Fsp3) is 0.533. The van der Waals surface area contributed by atoms with E-state index in [1.807, 2.05) is 18.2 Å². The van der Waals surface area contributed by atoms with Crippen molar-refractivity contribution in [2.24, 2.45) is 11.8 Å². The molecule has 2 atom stereocenters. The van der Waals surface area contributed by atoms with Gasteiger partial charge in [-0.15, -0.1) is 0 Å². The molecule has 102 valence electrons. The van der Waals surface area contributed by atoms with Gasteiger partial charge in [-0.25, -0.2) is 0 Å². The molecule has 0 radical (unpaired) electrons. The molecular formula is C15H19ClN2S. The SMILES string of the molecule is CC1CCCCC1Cn1c(=S)[nH]c2cccc(Cl)c21. The van der Waals surface area contributed by atoms with Crippen LogP contribution in [0, 0.1) is 16.6 Å². The van der Waals surface area contributed by atoms with Crippen LogP contribution in [0.1, 0.15) is 32.6 Å². The molecule has 0 aliphatic heterocycles. The summed E-state index contributed by atoms with van der Waals surface area (Å²) in [5.41, 5.74) is 2.10. The highest BCUT2D eigenvalue weighted by Crippen LogP contribution is 2.32. The normalized spacial score (nSPS) is 23.9. The zero-order valence-electron chi connectivity index (χ0n) is 11.2. The third kappa shape index (κ3) is 2.46. The number of fused-ring (bicyclic) bond motifs is 1. The molecule has 1 heterocycles. The smallest absolute Gasteiger partial charge is 0.178 e. The lowest BCUT2D eigenvalue weighted by atomic mass is 9.80. The van der Waals surface area contributed by atoms with E-state index in [4.69, 9.17) is 23.8 Å². The van der Waals surface area contributed by atoms with Crippen LogP contribution in [0.3, 0.4) is 0 Å². The lowest BCUT2D eigenvalue weighted by Gasteiger charge is -2.29. The molecule has 2 nitrogen and oxygen atoms in total. The Hall–Kier alpha value is -0.800. The molecule has 3 rings (SSSR count). The first kappa shape index (κ1) is 13.2. The van der Waals surface area contributed by atoms with Crippen molar-refractivity contribution in [3.63, 3.8) is 0 Å². The summed E-state index contributed by atoms with van der Waals surface area (Å²) in [6, 6.07) is 5.94. The van der Waals surface area contributed by atoms with Crippen LogP contribution >= 0.6 is 23.8 Å². The molecule has 19 heavy (non-hydrogen) atoms. The highest BCUT2D eigenvalue weighted by Gasteiger charge is 2.22. The Balaban J connectivity index is 2.00. The maximum Gasteiger partial charge on any atom is 0.178 e. The summed E-state index contributed by atoms with van der Waals surface area (Å²) in [4.78, 5) is 3.27. The van der Waals surface area contributed by atoms with Gasteiger partial charge >= 0.3 is 0 Å². The number of imidazole rings is 1. The predicted molar refractivity (Wildman–Crippen MR) is 83.3 cm³/mol. The first-order valence-corrected chi connectivity index (χ1v) is 7.82.